The van der Waals surface area contributed by atoms with Gasteiger partial charge in [0.05, 0.1) is 32.0 Å². The molecule has 44 heavy (non-hydrogen) atoms. The summed E-state index contributed by atoms with van der Waals surface area (Å²) in [5.41, 5.74) is 10.1. The molecule has 4 N–H and O–H groups in total. The molecule has 0 unspecified atom stereocenters. The third-order valence-electron chi connectivity index (χ3n) is 7.49. The number of halogens is 1. The van der Waals surface area contributed by atoms with E-state index >= 15 is 4.39 Å². The van der Waals surface area contributed by atoms with Gasteiger partial charge in [0, 0.05) is 67.4 Å². The van der Waals surface area contributed by atoms with Crippen LogP contribution in [0.3, 0.4) is 0 Å². The summed E-state index contributed by atoms with van der Waals surface area (Å²) in [5.74, 6) is 5.90. The van der Waals surface area contributed by atoms with E-state index < -0.39 is 5.91 Å². The molecule has 2 aromatic heterocycles. The van der Waals surface area contributed by atoms with Gasteiger partial charge in [0.25, 0.3) is 5.88 Å². The number of nitrogens with two attached hydrogens (primary N) is 1. The maximum absolute atomic E-state index is 15.4. The van der Waals surface area contributed by atoms with Gasteiger partial charge >= 0.3 is 0 Å². The molecule has 1 amide bonds. The van der Waals surface area contributed by atoms with Crippen LogP contribution in [-0.4, -0.2) is 87.5 Å². The van der Waals surface area contributed by atoms with E-state index in [2.05, 4.69) is 49.1 Å². The average Bonchev–Trinajstić information content (AvgIpc) is 3.40. The lowest BCUT2D eigenvalue weighted by atomic mass is 9.90. The number of nitrogens with zero attached hydrogens (tertiary/aromatic N) is 6. The number of benzene rings is 2. The number of primary amides is 1. The van der Waals surface area contributed by atoms with E-state index in [0.717, 1.165) is 31.7 Å². The van der Waals surface area contributed by atoms with Crippen molar-refractivity contribution in [2.24, 2.45) is 5.73 Å². The van der Waals surface area contributed by atoms with E-state index in [0.29, 0.717) is 58.4 Å². The topological polar surface area (TPSA) is 135 Å². The molecule has 0 saturated carbocycles. The van der Waals surface area contributed by atoms with E-state index in [-0.39, 0.29) is 18.0 Å². The van der Waals surface area contributed by atoms with Crippen molar-refractivity contribution < 1.29 is 19.0 Å². The van der Waals surface area contributed by atoms with Gasteiger partial charge < -0.3 is 25.8 Å². The van der Waals surface area contributed by atoms with Crippen molar-refractivity contribution in [3.05, 3.63) is 82.6 Å². The zero-order valence-electron chi connectivity index (χ0n) is 25.0. The van der Waals surface area contributed by atoms with Crippen LogP contribution >= 0.6 is 0 Å². The normalized spacial score (nSPS) is 13.8. The molecule has 11 nitrogen and oxygen atoms in total. The smallest absolute Gasteiger partial charge is 0.256 e. The van der Waals surface area contributed by atoms with Crippen molar-refractivity contribution in [3.63, 3.8) is 0 Å². The first-order valence-corrected chi connectivity index (χ1v) is 14.2. The van der Waals surface area contributed by atoms with Gasteiger partial charge in [-0.3, -0.25) is 14.4 Å². The second-order valence-electron chi connectivity index (χ2n) is 10.6. The van der Waals surface area contributed by atoms with Crippen LogP contribution < -0.4 is 15.8 Å². The molecular formula is C32H35FN8O3. The lowest BCUT2D eigenvalue weighted by molar-refractivity contribution is 0.100. The van der Waals surface area contributed by atoms with Crippen LogP contribution in [0.4, 0.5) is 16.0 Å². The monoisotopic (exact) mass is 598 g/mol. The molecule has 0 radical (unpaired) electrons. The third-order valence-corrected chi connectivity index (χ3v) is 7.49. The number of methoxy groups -OCH3 is 1. The summed E-state index contributed by atoms with van der Waals surface area (Å²) in [6.45, 7) is 6.31. The Kier molecular flexibility index (Phi) is 9.50. The van der Waals surface area contributed by atoms with Gasteiger partial charge in [0.2, 0.25) is 11.9 Å². The highest BCUT2D eigenvalue weighted by Gasteiger charge is 2.19. The van der Waals surface area contributed by atoms with Crippen LogP contribution in [0.15, 0.2) is 48.9 Å². The first kappa shape index (κ1) is 30.6. The summed E-state index contributed by atoms with van der Waals surface area (Å²) in [6.07, 6.45) is 4.81. The molecule has 0 aliphatic carbocycles. The minimum Gasteiger partial charge on any atom is -0.478 e. The van der Waals surface area contributed by atoms with E-state index in [1.807, 2.05) is 13.0 Å². The number of hydrogen-bond acceptors (Lipinski definition) is 9. The van der Waals surface area contributed by atoms with Crippen molar-refractivity contribution in [2.45, 2.75) is 20.0 Å². The zero-order chi connectivity index (χ0) is 31.2. The molecule has 1 fully saturated rings. The number of aliphatic hydroxyl groups excluding tert-OH is 1. The molecule has 1 aliphatic rings. The van der Waals surface area contributed by atoms with E-state index in [1.165, 1.54) is 13.2 Å². The Bertz CT molecular complexity index is 1700. The van der Waals surface area contributed by atoms with Crippen LogP contribution in [0.1, 0.15) is 32.6 Å². The summed E-state index contributed by atoms with van der Waals surface area (Å²) in [7, 11) is 3.58. The number of aromatic nitrogens is 4. The first-order valence-electron chi connectivity index (χ1n) is 14.2. The Morgan fingerprint density at radius 1 is 1.14 bits per heavy atom. The number of carbonyl (C=O) groups is 1. The molecule has 228 valence electrons. The van der Waals surface area contributed by atoms with E-state index in [4.69, 9.17) is 10.5 Å². The van der Waals surface area contributed by atoms with Crippen molar-refractivity contribution in [3.8, 4) is 28.8 Å². The number of ether oxygens (including phenoxy) is 1. The van der Waals surface area contributed by atoms with Crippen molar-refractivity contribution in [2.75, 3.05) is 52.3 Å². The highest BCUT2D eigenvalue weighted by molar-refractivity contribution is 6.01. The number of likely N-dealkylation sites (N-methyl/N-ethyl adjacent to an activating group) is 1. The number of nitrogens with one attached hydrogen (secondary N) is 1. The minimum absolute atomic E-state index is 0.0607. The van der Waals surface area contributed by atoms with Crippen LogP contribution in [0.25, 0.3) is 11.1 Å². The van der Waals surface area contributed by atoms with Gasteiger partial charge in [-0.05, 0) is 37.2 Å². The van der Waals surface area contributed by atoms with Gasteiger partial charge in [-0.25, -0.2) is 14.4 Å². The van der Waals surface area contributed by atoms with Crippen LogP contribution in [-0.2, 0) is 13.1 Å². The summed E-state index contributed by atoms with van der Waals surface area (Å²) < 4.78 is 22.3. The molecule has 12 heteroatoms. The Morgan fingerprint density at radius 3 is 2.55 bits per heavy atom. The number of carbonyl (C=O) groups excluding carboxylic acids is 1. The largest absolute Gasteiger partial charge is 0.478 e. The number of aliphatic hydroxyl groups is 1. The van der Waals surface area contributed by atoms with Gasteiger partial charge in [0.15, 0.2) is 0 Å². The van der Waals surface area contributed by atoms with Gasteiger partial charge in [0.1, 0.15) is 11.5 Å². The zero-order valence-corrected chi connectivity index (χ0v) is 25.0. The predicted octanol–water partition coefficient (Wildman–Crippen LogP) is 2.78. The highest BCUT2D eigenvalue weighted by Crippen LogP contribution is 2.31. The second-order valence-corrected chi connectivity index (χ2v) is 10.6. The van der Waals surface area contributed by atoms with E-state index in [1.54, 1.807) is 41.5 Å². The fraction of sp³-hybridized carbons (Fsp3) is 0.312. The summed E-state index contributed by atoms with van der Waals surface area (Å²) in [6, 6.07) is 8.48. The summed E-state index contributed by atoms with van der Waals surface area (Å²) in [4.78, 5) is 25.6. The molecular weight excluding hydrogens is 563 g/mol. The number of amides is 1. The molecule has 2 aromatic carbocycles. The molecule has 1 saturated heterocycles. The molecule has 3 heterocycles. The van der Waals surface area contributed by atoms with Crippen LogP contribution in [0.5, 0.6) is 5.88 Å². The predicted molar refractivity (Wildman–Crippen MR) is 165 cm³/mol. The number of rotatable bonds is 9. The Balaban J connectivity index is 1.41. The van der Waals surface area contributed by atoms with Crippen LogP contribution in [0.2, 0.25) is 0 Å². The Morgan fingerprint density at radius 2 is 1.89 bits per heavy atom. The van der Waals surface area contributed by atoms with Crippen molar-refractivity contribution in [1.29, 1.82) is 0 Å². The highest BCUT2D eigenvalue weighted by atomic mass is 19.1. The van der Waals surface area contributed by atoms with Gasteiger partial charge in [-0.1, -0.05) is 30.0 Å². The fourth-order valence-corrected chi connectivity index (χ4v) is 5.02. The summed E-state index contributed by atoms with van der Waals surface area (Å²) >= 11 is 0. The van der Waals surface area contributed by atoms with Crippen molar-refractivity contribution in [1.82, 2.24) is 29.5 Å². The molecule has 1 aliphatic heterocycles. The maximum atomic E-state index is 15.4. The molecule has 4 aromatic rings. The Labute approximate surface area is 255 Å². The number of aryl methyl sites for hydroxylation is 1. The van der Waals surface area contributed by atoms with Crippen LogP contribution in [0, 0.1) is 24.6 Å². The lowest BCUT2D eigenvalue weighted by Gasteiger charge is -2.32. The SMILES string of the molecule is COc1nn(CCO)cc1Nc1ncc(C#Cc2c(C)ccc(C(N)=O)c2-c2ccc(CN3CCN(C)CC3)c(F)c2)cn1. The van der Waals surface area contributed by atoms with Crippen molar-refractivity contribution >= 4 is 17.5 Å². The molecule has 0 atom stereocenters. The fourth-order valence-electron chi connectivity index (χ4n) is 5.02. The number of piperazine rings is 1. The lowest BCUT2D eigenvalue weighted by Crippen LogP contribution is -2.44. The molecule has 5 rings (SSSR count). The molecule has 0 bridgehead atoms. The number of hydrogen-bond donors (Lipinski definition) is 3. The average molecular weight is 599 g/mol. The second kappa shape index (κ2) is 13.6. The Hall–Kier alpha value is -4.83. The quantitative estimate of drug-likeness (QED) is 0.249. The molecule has 0 spiro atoms. The minimum atomic E-state index is -0.624. The number of anilines is 2. The first-order chi connectivity index (χ1) is 21.2. The van der Waals surface area contributed by atoms with E-state index in [9.17, 15) is 9.90 Å². The van der Waals surface area contributed by atoms with Gasteiger partial charge in [-0.2, -0.15) is 0 Å². The third kappa shape index (κ3) is 7.03. The summed E-state index contributed by atoms with van der Waals surface area (Å²) in [5, 5.41) is 16.4. The van der Waals surface area contributed by atoms with Gasteiger partial charge in [-0.15, -0.1) is 5.10 Å². The maximum Gasteiger partial charge on any atom is 0.256 e. The standard InChI is InChI=1S/C32H35FN8O3/c1-21-4-8-26(30(34)43)29(23-6-7-24(27(33)16-23)19-40-12-10-39(2)11-13-40)25(21)9-5-22-17-35-32(36-18-22)37-28-20-41(14-15-42)38-31(28)44-3/h4,6-8,16-18,20,42H,10-15,19H2,1-3H3,(H2,34,43)(H,35,36,37).